The standard InChI is InChI=1S/C9H15NO/c1-3-8-6-10-5-4-9(8)7(2)11/h3,8-10H,1,4-6H2,2H3/t8-,9-/m0/s1. The molecule has 62 valence electrons. The fraction of sp³-hybridized carbons (Fsp3) is 0.667. The quantitative estimate of drug-likeness (QED) is 0.599. The van der Waals surface area contributed by atoms with Gasteiger partial charge in [0, 0.05) is 12.5 Å². The van der Waals surface area contributed by atoms with Crippen LogP contribution in [0.4, 0.5) is 0 Å². The van der Waals surface area contributed by atoms with E-state index in [-0.39, 0.29) is 5.92 Å². The zero-order valence-corrected chi connectivity index (χ0v) is 6.97. The summed E-state index contributed by atoms with van der Waals surface area (Å²) in [6.45, 7) is 7.28. The first kappa shape index (κ1) is 8.47. The summed E-state index contributed by atoms with van der Waals surface area (Å²) in [6, 6.07) is 0. The van der Waals surface area contributed by atoms with Crippen molar-refractivity contribution < 1.29 is 4.79 Å². The van der Waals surface area contributed by atoms with Gasteiger partial charge in [-0.25, -0.2) is 0 Å². The normalized spacial score (nSPS) is 31.4. The zero-order chi connectivity index (χ0) is 8.27. The third kappa shape index (κ3) is 1.90. The molecule has 1 N–H and O–H groups in total. The summed E-state index contributed by atoms with van der Waals surface area (Å²) in [6.07, 6.45) is 2.85. The minimum atomic E-state index is 0.216. The number of ketones is 1. The van der Waals surface area contributed by atoms with Gasteiger partial charge >= 0.3 is 0 Å². The molecule has 0 aromatic heterocycles. The largest absolute Gasteiger partial charge is 0.316 e. The highest BCUT2D eigenvalue weighted by Crippen LogP contribution is 2.20. The Hall–Kier alpha value is -0.630. The van der Waals surface area contributed by atoms with Crippen molar-refractivity contribution in [3.05, 3.63) is 12.7 Å². The number of Topliss-reactive ketones (excluding diaryl/α,β-unsaturated/α-hetero) is 1. The van der Waals surface area contributed by atoms with Gasteiger partial charge in [-0.2, -0.15) is 0 Å². The second-order valence-corrected chi connectivity index (χ2v) is 3.11. The molecule has 0 aromatic rings. The van der Waals surface area contributed by atoms with E-state index in [9.17, 15) is 4.79 Å². The molecule has 1 aliphatic heterocycles. The average Bonchev–Trinajstić information content (AvgIpc) is 2.04. The molecule has 2 nitrogen and oxygen atoms in total. The first-order chi connectivity index (χ1) is 5.25. The summed E-state index contributed by atoms with van der Waals surface area (Å²) < 4.78 is 0. The lowest BCUT2D eigenvalue weighted by molar-refractivity contribution is -0.122. The van der Waals surface area contributed by atoms with Gasteiger partial charge in [0.2, 0.25) is 0 Å². The highest BCUT2D eigenvalue weighted by atomic mass is 16.1. The van der Waals surface area contributed by atoms with Crippen molar-refractivity contribution in [2.24, 2.45) is 11.8 Å². The first-order valence-electron chi connectivity index (χ1n) is 4.09. The summed E-state index contributed by atoms with van der Waals surface area (Å²) >= 11 is 0. The summed E-state index contributed by atoms with van der Waals surface area (Å²) in [7, 11) is 0. The molecule has 2 heteroatoms. The molecule has 0 unspecified atom stereocenters. The maximum absolute atomic E-state index is 11.1. The van der Waals surface area contributed by atoms with E-state index in [2.05, 4.69) is 11.9 Å². The third-order valence-electron chi connectivity index (χ3n) is 2.35. The van der Waals surface area contributed by atoms with Gasteiger partial charge in [0.15, 0.2) is 0 Å². The Labute approximate surface area is 67.7 Å². The van der Waals surface area contributed by atoms with Crippen LogP contribution in [0.1, 0.15) is 13.3 Å². The van der Waals surface area contributed by atoms with Crippen molar-refractivity contribution in [1.82, 2.24) is 5.32 Å². The Morgan fingerprint density at radius 1 is 1.73 bits per heavy atom. The molecule has 1 saturated heterocycles. The van der Waals surface area contributed by atoms with Gasteiger partial charge in [-0.3, -0.25) is 4.79 Å². The second kappa shape index (κ2) is 3.67. The lowest BCUT2D eigenvalue weighted by Crippen LogP contribution is -2.38. The molecule has 0 radical (unpaired) electrons. The number of rotatable bonds is 2. The lowest BCUT2D eigenvalue weighted by atomic mass is 9.84. The topological polar surface area (TPSA) is 29.1 Å². The van der Waals surface area contributed by atoms with Crippen molar-refractivity contribution in [3.8, 4) is 0 Å². The van der Waals surface area contributed by atoms with E-state index in [0.29, 0.717) is 11.7 Å². The van der Waals surface area contributed by atoms with Crippen LogP contribution in [0.3, 0.4) is 0 Å². The summed E-state index contributed by atoms with van der Waals surface area (Å²) in [5.41, 5.74) is 0. The van der Waals surface area contributed by atoms with Crippen molar-refractivity contribution in [1.29, 1.82) is 0 Å². The molecular formula is C9H15NO. The second-order valence-electron chi connectivity index (χ2n) is 3.11. The fourth-order valence-corrected chi connectivity index (χ4v) is 1.63. The molecule has 0 aromatic carbocycles. The van der Waals surface area contributed by atoms with Gasteiger partial charge < -0.3 is 5.32 Å². The molecule has 1 fully saturated rings. The molecular weight excluding hydrogens is 138 g/mol. The van der Waals surface area contributed by atoms with Crippen molar-refractivity contribution >= 4 is 5.78 Å². The van der Waals surface area contributed by atoms with E-state index in [0.717, 1.165) is 19.5 Å². The van der Waals surface area contributed by atoms with Gasteiger partial charge in [-0.1, -0.05) is 6.08 Å². The van der Waals surface area contributed by atoms with Crippen LogP contribution in [0, 0.1) is 11.8 Å². The number of carbonyl (C=O) groups is 1. The molecule has 1 heterocycles. The molecule has 1 aliphatic rings. The minimum Gasteiger partial charge on any atom is -0.316 e. The van der Waals surface area contributed by atoms with Gasteiger partial charge in [0.05, 0.1) is 0 Å². The number of carbonyl (C=O) groups excluding carboxylic acids is 1. The Balaban J connectivity index is 2.58. The highest BCUT2D eigenvalue weighted by molar-refractivity contribution is 5.79. The van der Waals surface area contributed by atoms with Crippen LogP contribution >= 0.6 is 0 Å². The lowest BCUT2D eigenvalue weighted by Gasteiger charge is -2.27. The van der Waals surface area contributed by atoms with Gasteiger partial charge in [-0.05, 0) is 25.8 Å². The Kier molecular flexibility index (Phi) is 2.83. The predicted octanol–water partition coefficient (Wildman–Crippen LogP) is 0.987. The molecule has 11 heavy (non-hydrogen) atoms. The Morgan fingerprint density at radius 2 is 2.45 bits per heavy atom. The number of hydrogen-bond donors (Lipinski definition) is 1. The number of nitrogens with one attached hydrogen (secondary N) is 1. The number of hydrogen-bond acceptors (Lipinski definition) is 2. The molecule has 2 atom stereocenters. The molecule has 0 amide bonds. The number of piperidine rings is 1. The molecule has 0 bridgehead atoms. The van der Waals surface area contributed by atoms with Crippen LogP contribution < -0.4 is 5.32 Å². The predicted molar refractivity (Wildman–Crippen MR) is 45.3 cm³/mol. The highest BCUT2D eigenvalue weighted by Gasteiger charge is 2.25. The van der Waals surface area contributed by atoms with Crippen molar-refractivity contribution in [2.75, 3.05) is 13.1 Å². The van der Waals surface area contributed by atoms with Crippen LogP contribution in [-0.4, -0.2) is 18.9 Å². The van der Waals surface area contributed by atoms with E-state index in [4.69, 9.17) is 0 Å². The van der Waals surface area contributed by atoms with Gasteiger partial charge in [0.1, 0.15) is 5.78 Å². The van der Waals surface area contributed by atoms with Gasteiger partial charge in [-0.15, -0.1) is 6.58 Å². The molecule has 1 rings (SSSR count). The van der Waals surface area contributed by atoms with Crippen LogP contribution in [0.15, 0.2) is 12.7 Å². The van der Waals surface area contributed by atoms with E-state index in [1.165, 1.54) is 0 Å². The molecule has 0 saturated carbocycles. The van der Waals surface area contributed by atoms with Crippen molar-refractivity contribution in [2.45, 2.75) is 13.3 Å². The summed E-state index contributed by atoms with van der Waals surface area (Å²) in [5, 5.41) is 3.25. The van der Waals surface area contributed by atoms with E-state index < -0.39 is 0 Å². The van der Waals surface area contributed by atoms with Crippen molar-refractivity contribution in [3.63, 3.8) is 0 Å². The SMILES string of the molecule is C=C[C@H]1CNCC[C@H]1C(C)=O. The van der Waals surface area contributed by atoms with Crippen LogP contribution in [0.25, 0.3) is 0 Å². The van der Waals surface area contributed by atoms with Crippen LogP contribution in [-0.2, 0) is 4.79 Å². The molecule has 0 spiro atoms. The summed E-state index contributed by atoms with van der Waals surface area (Å²) in [4.78, 5) is 11.1. The minimum absolute atomic E-state index is 0.216. The third-order valence-corrected chi connectivity index (χ3v) is 2.35. The van der Waals surface area contributed by atoms with Crippen LogP contribution in [0.2, 0.25) is 0 Å². The zero-order valence-electron chi connectivity index (χ0n) is 6.97. The maximum atomic E-state index is 11.1. The smallest absolute Gasteiger partial charge is 0.133 e. The maximum Gasteiger partial charge on any atom is 0.133 e. The Bertz CT molecular complexity index is 165. The molecule has 0 aliphatic carbocycles. The van der Waals surface area contributed by atoms with E-state index in [1.807, 2.05) is 6.08 Å². The Morgan fingerprint density at radius 3 is 2.91 bits per heavy atom. The first-order valence-corrected chi connectivity index (χ1v) is 4.09. The van der Waals surface area contributed by atoms with Crippen LogP contribution in [0.5, 0.6) is 0 Å². The summed E-state index contributed by atoms with van der Waals surface area (Å²) in [5.74, 6) is 0.867. The van der Waals surface area contributed by atoms with Gasteiger partial charge in [0.25, 0.3) is 0 Å². The average molecular weight is 153 g/mol. The van der Waals surface area contributed by atoms with E-state index in [1.54, 1.807) is 6.92 Å². The fourth-order valence-electron chi connectivity index (χ4n) is 1.63. The van der Waals surface area contributed by atoms with E-state index >= 15 is 0 Å². The monoisotopic (exact) mass is 153 g/mol.